The third kappa shape index (κ3) is 3.21. The number of hydrogen-bond acceptors (Lipinski definition) is 3. The minimum absolute atomic E-state index is 0.0729. The van der Waals surface area contributed by atoms with E-state index in [-0.39, 0.29) is 17.5 Å². The average molecular weight is 263 g/mol. The number of piperidine rings is 1. The van der Waals surface area contributed by atoms with Gasteiger partial charge in [0.15, 0.2) is 0 Å². The summed E-state index contributed by atoms with van der Waals surface area (Å²) < 4.78 is 0. The molecule has 1 atom stereocenters. The number of aromatic hydroxyl groups is 2. The highest BCUT2D eigenvalue weighted by atomic mass is 16.3. The van der Waals surface area contributed by atoms with Gasteiger partial charge in [0, 0.05) is 6.04 Å². The number of rotatable bonds is 4. The van der Waals surface area contributed by atoms with Crippen LogP contribution in [0.1, 0.15) is 51.1 Å². The van der Waals surface area contributed by atoms with Crippen LogP contribution < -0.4 is 0 Å². The number of phenols is 2. The molecule has 19 heavy (non-hydrogen) atoms. The Hall–Kier alpha value is -1.22. The molecule has 0 radical (unpaired) electrons. The topological polar surface area (TPSA) is 43.7 Å². The van der Waals surface area contributed by atoms with Crippen LogP contribution in [-0.4, -0.2) is 28.2 Å². The molecule has 0 amide bonds. The second kappa shape index (κ2) is 6.29. The number of nitrogens with zero attached hydrogens (tertiary/aromatic N) is 1. The van der Waals surface area contributed by atoms with Crippen LogP contribution in [0.5, 0.6) is 11.5 Å². The average Bonchev–Trinajstić information content (AvgIpc) is 2.39. The summed E-state index contributed by atoms with van der Waals surface area (Å²) in [5.41, 5.74) is 0.663. The Labute approximate surface area is 115 Å². The predicted molar refractivity (Wildman–Crippen MR) is 77.4 cm³/mol. The van der Waals surface area contributed by atoms with E-state index in [9.17, 15) is 10.2 Å². The first kappa shape index (κ1) is 14.2. The third-order valence-electron chi connectivity index (χ3n) is 4.37. The first-order chi connectivity index (χ1) is 9.13. The Morgan fingerprint density at radius 3 is 2.32 bits per heavy atom. The van der Waals surface area contributed by atoms with Crippen molar-refractivity contribution >= 4 is 0 Å². The molecule has 0 bridgehead atoms. The highest BCUT2D eigenvalue weighted by Gasteiger charge is 2.26. The van der Waals surface area contributed by atoms with Crippen molar-refractivity contribution in [2.45, 2.75) is 45.6 Å². The van der Waals surface area contributed by atoms with Crippen molar-refractivity contribution in [1.82, 2.24) is 4.90 Å². The van der Waals surface area contributed by atoms with Crippen LogP contribution in [0.2, 0.25) is 0 Å². The molecule has 3 heteroatoms. The van der Waals surface area contributed by atoms with E-state index >= 15 is 0 Å². The zero-order chi connectivity index (χ0) is 13.8. The van der Waals surface area contributed by atoms with Crippen LogP contribution in [0.3, 0.4) is 0 Å². The largest absolute Gasteiger partial charge is 0.507 e. The van der Waals surface area contributed by atoms with Crippen molar-refractivity contribution in [3.05, 3.63) is 23.8 Å². The predicted octanol–water partition coefficient (Wildman–Crippen LogP) is 3.67. The van der Waals surface area contributed by atoms with Gasteiger partial charge in [0.2, 0.25) is 0 Å². The highest BCUT2D eigenvalue weighted by molar-refractivity contribution is 5.45. The van der Waals surface area contributed by atoms with Crippen molar-refractivity contribution in [3.63, 3.8) is 0 Å². The Morgan fingerprint density at radius 1 is 1.21 bits per heavy atom. The lowest BCUT2D eigenvalue weighted by atomic mass is 9.91. The van der Waals surface area contributed by atoms with Gasteiger partial charge >= 0.3 is 0 Å². The molecule has 1 unspecified atom stereocenters. The number of phenolic OH excluding ortho intramolecular Hbond substituents is 2. The highest BCUT2D eigenvalue weighted by Crippen LogP contribution is 2.37. The second-order valence-electron chi connectivity index (χ2n) is 5.65. The lowest BCUT2D eigenvalue weighted by molar-refractivity contribution is 0.134. The van der Waals surface area contributed by atoms with Crippen molar-refractivity contribution in [1.29, 1.82) is 0 Å². The molecular weight excluding hydrogens is 238 g/mol. The molecule has 2 rings (SSSR count). The molecule has 1 heterocycles. The van der Waals surface area contributed by atoms with Gasteiger partial charge in [-0.05, 0) is 50.9 Å². The lowest BCUT2D eigenvalue weighted by Gasteiger charge is -2.36. The van der Waals surface area contributed by atoms with Crippen molar-refractivity contribution in [2.24, 2.45) is 5.92 Å². The maximum absolute atomic E-state index is 9.94. The molecule has 1 aromatic rings. The zero-order valence-electron chi connectivity index (χ0n) is 12.0. The summed E-state index contributed by atoms with van der Waals surface area (Å²) in [6.45, 7) is 6.42. The molecule has 1 aliphatic heterocycles. The van der Waals surface area contributed by atoms with E-state index < -0.39 is 0 Å². The minimum Gasteiger partial charge on any atom is -0.507 e. The van der Waals surface area contributed by atoms with Gasteiger partial charge in [-0.15, -0.1) is 0 Å². The van der Waals surface area contributed by atoms with Crippen LogP contribution in [0.15, 0.2) is 18.2 Å². The summed E-state index contributed by atoms with van der Waals surface area (Å²) in [7, 11) is 0. The number of hydrogen-bond donors (Lipinski definition) is 2. The molecule has 1 aliphatic rings. The zero-order valence-corrected chi connectivity index (χ0v) is 12.0. The Morgan fingerprint density at radius 2 is 1.79 bits per heavy atom. The number of likely N-dealkylation sites (tertiary alicyclic amines) is 1. The molecule has 1 saturated heterocycles. The number of benzene rings is 1. The Bertz CT molecular complexity index is 391. The monoisotopic (exact) mass is 263 g/mol. The molecule has 106 valence electrons. The molecule has 3 nitrogen and oxygen atoms in total. The Kier molecular flexibility index (Phi) is 4.70. The fourth-order valence-electron chi connectivity index (χ4n) is 3.19. The van der Waals surface area contributed by atoms with Crippen LogP contribution in [0.4, 0.5) is 0 Å². The molecule has 0 aliphatic carbocycles. The quantitative estimate of drug-likeness (QED) is 0.871. The van der Waals surface area contributed by atoms with Gasteiger partial charge in [0.25, 0.3) is 0 Å². The van der Waals surface area contributed by atoms with Gasteiger partial charge in [-0.2, -0.15) is 0 Å². The maximum Gasteiger partial charge on any atom is 0.124 e. The lowest BCUT2D eigenvalue weighted by Crippen LogP contribution is -2.35. The normalized spacial score (nSPS) is 19.5. The molecule has 0 spiro atoms. The smallest absolute Gasteiger partial charge is 0.124 e. The van der Waals surface area contributed by atoms with E-state index in [1.807, 2.05) is 0 Å². The summed E-state index contributed by atoms with van der Waals surface area (Å²) in [4.78, 5) is 2.36. The van der Waals surface area contributed by atoms with E-state index in [1.165, 1.54) is 25.7 Å². The fraction of sp³-hybridized carbons (Fsp3) is 0.625. The SMILES string of the molecule is CCCC1CCN(C(C)c2c(O)cccc2O)CC1. The Balaban J connectivity index is 2.03. The molecule has 1 fully saturated rings. The molecule has 2 N–H and O–H groups in total. The van der Waals surface area contributed by atoms with Gasteiger partial charge in [0.1, 0.15) is 11.5 Å². The minimum atomic E-state index is 0.0729. The third-order valence-corrected chi connectivity index (χ3v) is 4.37. The van der Waals surface area contributed by atoms with Gasteiger partial charge in [-0.25, -0.2) is 0 Å². The van der Waals surface area contributed by atoms with Crippen LogP contribution >= 0.6 is 0 Å². The molecule has 0 saturated carbocycles. The summed E-state index contributed by atoms with van der Waals surface area (Å²) in [6.07, 6.45) is 5.05. The van der Waals surface area contributed by atoms with Crippen LogP contribution in [0, 0.1) is 5.92 Å². The molecule has 1 aromatic carbocycles. The molecular formula is C16H25NO2. The van der Waals surface area contributed by atoms with Gasteiger partial charge in [0.05, 0.1) is 5.56 Å². The fourth-order valence-corrected chi connectivity index (χ4v) is 3.19. The summed E-state index contributed by atoms with van der Waals surface area (Å²) >= 11 is 0. The van der Waals surface area contributed by atoms with Crippen LogP contribution in [-0.2, 0) is 0 Å². The van der Waals surface area contributed by atoms with Crippen molar-refractivity contribution < 1.29 is 10.2 Å². The summed E-state index contributed by atoms with van der Waals surface area (Å²) in [5.74, 6) is 1.25. The van der Waals surface area contributed by atoms with E-state index in [0.29, 0.717) is 5.56 Å². The standard InChI is InChI=1S/C16H25NO2/c1-3-5-13-8-10-17(11-9-13)12(2)16-14(18)6-4-7-15(16)19/h4,6-7,12-13,18-19H,3,5,8-11H2,1-2H3. The van der Waals surface area contributed by atoms with Gasteiger partial charge in [-0.1, -0.05) is 25.8 Å². The van der Waals surface area contributed by atoms with Crippen molar-refractivity contribution in [2.75, 3.05) is 13.1 Å². The van der Waals surface area contributed by atoms with Crippen LogP contribution in [0.25, 0.3) is 0 Å². The summed E-state index contributed by atoms with van der Waals surface area (Å²) in [6, 6.07) is 5.04. The molecule has 0 aromatic heterocycles. The van der Waals surface area contributed by atoms with E-state index in [4.69, 9.17) is 0 Å². The van der Waals surface area contributed by atoms with E-state index in [0.717, 1.165) is 19.0 Å². The first-order valence-electron chi connectivity index (χ1n) is 7.38. The van der Waals surface area contributed by atoms with E-state index in [2.05, 4.69) is 18.7 Å². The van der Waals surface area contributed by atoms with Gasteiger partial charge in [-0.3, -0.25) is 4.90 Å². The second-order valence-corrected chi connectivity index (χ2v) is 5.65. The van der Waals surface area contributed by atoms with Gasteiger partial charge < -0.3 is 10.2 Å². The maximum atomic E-state index is 9.94. The van der Waals surface area contributed by atoms with Crippen molar-refractivity contribution in [3.8, 4) is 11.5 Å². The summed E-state index contributed by atoms with van der Waals surface area (Å²) in [5, 5.41) is 19.9. The van der Waals surface area contributed by atoms with E-state index in [1.54, 1.807) is 18.2 Å². The first-order valence-corrected chi connectivity index (χ1v) is 7.38.